The van der Waals surface area contributed by atoms with Crippen molar-refractivity contribution in [2.75, 3.05) is 51.3 Å². The summed E-state index contributed by atoms with van der Waals surface area (Å²) in [5.41, 5.74) is 1.15. The summed E-state index contributed by atoms with van der Waals surface area (Å²) in [6.45, 7) is 4.58. The molecular weight excluding hydrogens is 442 g/mol. The second-order valence-corrected chi connectivity index (χ2v) is 8.45. The Balaban J connectivity index is 1.68. The van der Waals surface area contributed by atoms with Gasteiger partial charge >= 0.3 is 5.69 Å². The zero-order valence-electron chi connectivity index (χ0n) is 19.2. The number of fused-ring (bicyclic) bond motifs is 1. The highest BCUT2D eigenvalue weighted by Gasteiger charge is 2.26. The number of rotatable bonds is 6. The summed E-state index contributed by atoms with van der Waals surface area (Å²) in [4.78, 5) is 34.7. The van der Waals surface area contributed by atoms with Crippen LogP contribution in [0, 0.1) is 0 Å². The van der Waals surface area contributed by atoms with Crippen LogP contribution in [-0.2, 0) is 25.4 Å². The number of imidazole rings is 1. The highest BCUT2D eigenvalue weighted by molar-refractivity contribution is 7.80. The van der Waals surface area contributed by atoms with Gasteiger partial charge in [0, 0.05) is 53.9 Å². The third-order valence-electron chi connectivity index (χ3n) is 5.94. The Bertz CT molecular complexity index is 1260. The summed E-state index contributed by atoms with van der Waals surface area (Å²) < 4.78 is 9.57. The summed E-state index contributed by atoms with van der Waals surface area (Å²) in [7, 11) is 4.81. The Morgan fingerprint density at radius 2 is 1.79 bits per heavy atom. The van der Waals surface area contributed by atoms with Crippen molar-refractivity contribution in [2.45, 2.75) is 6.54 Å². The van der Waals surface area contributed by atoms with E-state index in [9.17, 15) is 9.59 Å². The molecule has 1 N–H and O–H groups in total. The maximum atomic E-state index is 13.1. The molecule has 4 rings (SSSR count). The molecule has 0 radical (unpaired) electrons. The fraction of sp³-hybridized carbons (Fsp3) is 0.455. The third kappa shape index (κ3) is 4.51. The molecule has 10 nitrogen and oxygen atoms in total. The van der Waals surface area contributed by atoms with E-state index in [1.54, 1.807) is 14.2 Å². The number of nitrogens with zero attached hydrogens (tertiary/aromatic N) is 6. The highest BCUT2D eigenvalue weighted by atomic mass is 32.1. The molecule has 176 valence electrons. The molecule has 0 saturated carbocycles. The SMILES string of the molecule is COCCNC(=S)N1CCN(c2nc3c(c(=O)n(C)c(=O)n3C)n2Cc2ccccc2)CC1. The van der Waals surface area contributed by atoms with E-state index in [2.05, 4.69) is 15.1 Å². The van der Waals surface area contributed by atoms with E-state index in [1.165, 1.54) is 11.6 Å². The van der Waals surface area contributed by atoms with E-state index >= 15 is 0 Å². The summed E-state index contributed by atoms with van der Waals surface area (Å²) >= 11 is 5.51. The highest BCUT2D eigenvalue weighted by Crippen LogP contribution is 2.22. The van der Waals surface area contributed by atoms with E-state index < -0.39 is 0 Å². The van der Waals surface area contributed by atoms with Gasteiger partial charge in [-0.15, -0.1) is 0 Å². The largest absolute Gasteiger partial charge is 0.383 e. The predicted octanol–water partition coefficient (Wildman–Crippen LogP) is 0.125. The monoisotopic (exact) mass is 471 g/mol. The van der Waals surface area contributed by atoms with Crippen LogP contribution in [0.25, 0.3) is 11.2 Å². The molecule has 3 aromatic rings. The average molecular weight is 472 g/mol. The van der Waals surface area contributed by atoms with Crippen molar-refractivity contribution in [2.24, 2.45) is 14.1 Å². The number of nitrogens with one attached hydrogen (secondary N) is 1. The minimum Gasteiger partial charge on any atom is -0.383 e. The lowest BCUT2D eigenvalue weighted by molar-refractivity contribution is 0.202. The molecule has 33 heavy (non-hydrogen) atoms. The molecule has 0 unspecified atom stereocenters. The molecule has 11 heteroatoms. The lowest BCUT2D eigenvalue weighted by Crippen LogP contribution is -2.52. The third-order valence-corrected chi connectivity index (χ3v) is 6.35. The number of methoxy groups -OCH3 is 1. The molecule has 1 aliphatic heterocycles. The molecule has 1 saturated heterocycles. The minimum atomic E-state index is -0.388. The second-order valence-electron chi connectivity index (χ2n) is 8.06. The molecule has 0 bridgehead atoms. The Morgan fingerprint density at radius 3 is 2.45 bits per heavy atom. The van der Waals surface area contributed by atoms with Crippen molar-refractivity contribution in [1.82, 2.24) is 28.9 Å². The standard InChI is InChI=1S/C22H29N7O3S/c1-25-18-17(19(30)26(2)22(25)31)29(15-16-7-5-4-6-8-16)20(24-18)27-10-12-28(13-11-27)21(33)23-9-14-32-3/h4-8H,9-15H2,1-3H3,(H,23,33). The van der Waals surface area contributed by atoms with Gasteiger partial charge < -0.3 is 19.9 Å². The number of thiocarbonyl (C=S) groups is 1. The molecule has 0 amide bonds. The Kier molecular flexibility index (Phi) is 6.80. The topological polar surface area (TPSA) is 89.6 Å². The van der Waals surface area contributed by atoms with E-state index in [0.717, 1.165) is 23.2 Å². The van der Waals surface area contributed by atoms with Gasteiger partial charge in [0.25, 0.3) is 5.56 Å². The van der Waals surface area contributed by atoms with E-state index in [4.69, 9.17) is 21.9 Å². The predicted molar refractivity (Wildman–Crippen MR) is 132 cm³/mol. The summed E-state index contributed by atoms with van der Waals surface area (Å²) in [6.07, 6.45) is 0. The van der Waals surface area contributed by atoms with Crippen molar-refractivity contribution >= 4 is 34.4 Å². The molecule has 2 aromatic heterocycles. The zero-order chi connectivity index (χ0) is 23.5. The first-order chi connectivity index (χ1) is 15.9. The number of aromatic nitrogens is 4. The summed E-state index contributed by atoms with van der Waals surface area (Å²) in [5.74, 6) is 0.685. The van der Waals surface area contributed by atoms with Gasteiger partial charge in [-0.2, -0.15) is 4.98 Å². The molecule has 1 aromatic carbocycles. The van der Waals surface area contributed by atoms with Crippen LogP contribution in [0.5, 0.6) is 0 Å². The first-order valence-electron chi connectivity index (χ1n) is 10.9. The first kappa shape index (κ1) is 23.0. The van der Waals surface area contributed by atoms with Gasteiger partial charge in [0.1, 0.15) is 0 Å². The Labute approximate surface area is 197 Å². The van der Waals surface area contributed by atoms with Gasteiger partial charge in [-0.25, -0.2) is 4.79 Å². The molecule has 0 atom stereocenters. The van der Waals surface area contributed by atoms with Gasteiger partial charge in [-0.1, -0.05) is 30.3 Å². The van der Waals surface area contributed by atoms with Crippen molar-refractivity contribution < 1.29 is 4.74 Å². The van der Waals surface area contributed by atoms with Crippen molar-refractivity contribution in [3.8, 4) is 0 Å². The van der Waals surface area contributed by atoms with Gasteiger partial charge in [0.2, 0.25) is 5.95 Å². The number of ether oxygens (including phenoxy) is 1. The van der Waals surface area contributed by atoms with E-state index in [0.29, 0.717) is 55.0 Å². The number of anilines is 1. The summed E-state index contributed by atoms with van der Waals surface area (Å²) in [6, 6.07) is 9.94. The van der Waals surface area contributed by atoms with Crippen LogP contribution in [-0.4, -0.2) is 75.1 Å². The normalized spacial score (nSPS) is 14.2. The second kappa shape index (κ2) is 9.75. The summed E-state index contributed by atoms with van der Waals surface area (Å²) in [5, 5.41) is 3.92. The number of piperazine rings is 1. The number of hydrogen-bond donors (Lipinski definition) is 1. The maximum Gasteiger partial charge on any atom is 0.332 e. The lowest BCUT2D eigenvalue weighted by Gasteiger charge is -2.36. The van der Waals surface area contributed by atoms with Gasteiger partial charge in [0.15, 0.2) is 16.3 Å². The Hall–Kier alpha value is -3.18. The van der Waals surface area contributed by atoms with Crippen molar-refractivity contribution in [3.63, 3.8) is 0 Å². The molecule has 1 aliphatic rings. The van der Waals surface area contributed by atoms with Crippen LogP contribution in [0.1, 0.15) is 5.56 Å². The molecule has 1 fully saturated rings. The minimum absolute atomic E-state index is 0.343. The quantitative estimate of drug-likeness (QED) is 0.401. The van der Waals surface area contributed by atoms with Crippen LogP contribution in [0.2, 0.25) is 0 Å². The number of benzene rings is 1. The van der Waals surface area contributed by atoms with Crippen molar-refractivity contribution in [1.29, 1.82) is 0 Å². The van der Waals surface area contributed by atoms with Crippen molar-refractivity contribution in [3.05, 3.63) is 56.7 Å². The molecule has 0 aliphatic carbocycles. The average Bonchev–Trinajstić information content (AvgIpc) is 3.21. The molecular formula is C22H29N7O3S. The van der Waals surface area contributed by atoms with Gasteiger partial charge in [0.05, 0.1) is 13.2 Å². The first-order valence-corrected chi connectivity index (χ1v) is 11.3. The van der Waals surface area contributed by atoms with E-state index in [1.807, 2.05) is 34.9 Å². The van der Waals surface area contributed by atoms with Gasteiger partial charge in [-0.05, 0) is 17.8 Å². The fourth-order valence-electron chi connectivity index (χ4n) is 4.07. The molecule has 3 heterocycles. The molecule has 0 spiro atoms. The van der Waals surface area contributed by atoms with Crippen LogP contribution >= 0.6 is 12.2 Å². The maximum absolute atomic E-state index is 13.1. The van der Waals surface area contributed by atoms with Crippen LogP contribution in [0.4, 0.5) is 5.95 Å². The van der Waals surface area contributed by atoms with Crippen LogP contribution in [0.3, 0.4) is 0 Å². The fourth-order valence-corrected chi connectivity index (χ4v) is 4.36. The van der Waals surface area contributed by atoms with Crippen LogP contribution < -0.4 is 21.5 Å². The zero-order valence-corrected chi connectivity index (χ0v) is 20.0. The van der Waals surface area contributed by atoms with Gasteiger partial charge in [-0.3, -0.25) is 18.5 Å². The number of hydrogen-bond acceptors (Lipinski definition) is 6. The Morgan fingerprint density at radius 1 is 1.09 bits per heavy atom. The smallest absolute Gasteiger partial charge is 0.332 e. The lowest BCUT2D eigenvalue weighted by atomic mass is 10.2. The van der Waals surface area contributed by atoms with E-state index in [-0.39, 0.29) is 11.2 Å². The van der Waals surface area contributed by atoms with Crippen LogP contribution in [0.15, 0.2) is 39.9 Å². The number of aryl methyl sites for hydroxylation is 1.